The zero-order chi connectivity index (χ0) is 17.2. The van der Waals surface area contributed by atoms with Gasteiger partial charge in [-0.1, -0.05) is 53.5 Å². The molecule has 132 valence electrons. The molecule has 2 heterocycles. The molecule has 0 unspecified atom stereocenters. The molecule has 0 aromatic rings. The average molecular weight is 331 g/mol. The SMILES string of the molecule is CC.CC.CC(=O)N1CCC2(CCN(SC(C)C)CC2)CC1. The molecule has 3 nitrogen and oxygen atoms in total. The van der Waals surface area contributed by atoms with Gasteiger partial charge in [-0.2, -0.15) is 0 Å². The molecular formula is C18H38N2OS. The van der Waals surface area contributed by atoms with Crippen LogP contribution in [0.3, 0.4) is 0 Å². The minimum Gasteiger partial charge on any atom is -0.343 e. The largest absolute Gasteiger partial charge is 0.343 e. The van der Waals surface area contributed by atoms with Crippen molar-refractivity contribution in [3.63, 3.8) is 0 Å². The Hall–Kier alpha value is -0.220. The number of carbonyl (C=O) groups is 1. The van der Waals surface area contributed by atoms with Crippen molar-refractivity contribution in [3.8, 4) is 0 Å². The van der Waals surface area contributed by atoms with Crippen molar-refractivity contribution >= 4 is 17.9 Å². The lowest BCUT2D eigenvalue weighted by Gasteiger charge is -2.46. The number of amides is 1. The Balaban J connectivity index is 0.00000102. The fourth-order valence-corrected chi connectivity index (χ4v) is 4.15. The highest BCUT2D eigenvalue weighted by Gasteiger charge is 2.38. The Morgan fingerprint density at radius 1 is 0.909 bits per heavy atom. The van der Waals surface area contributed by atoms with Gasteiger partial charge in [-0.3, -0.25) is 9.10 Å². The zero-order valence-electron chi connectivity index (χ0n) is 15.9. The number of carbonyl (C=O) groups excluding carboxylic acids is 1. The highest BCUT2D eigenvalue weighted by atomic mass is 32.2. The lowest BCUT2D eigenvalue weighted by molar-refractivity contribution is -0.131. The molecule has 0 aromatic carbocycles. The topological polar surface area (TPSA) is 23.6 Å². The molecule has 4 heteroatoms. The lowest BCUT2D eigenvalue weighted by atomic mass is 9.71. The van der Waals surface area contributed by atoms with Gasteiger partial charge in [0.2, 0.25) is 5.91 Å². The molecule has 22 heavy (non-hydrogen) atoms. The van der Waals surface area contributed by atoms with E-state index in [4.69, 9.17) is 0 Å². The summed E-state index contributed by atoms with van der Waals surface area (Å²) in [6.07, 6.45) is 5.07. The van der Waals surface area contributed by atoms with Gasteiger partial charge >= 0.3 is 0 Å². The molecule has 0 aromatic heterocycles. The second-order valence-electron chi connectivity index (χ2n) is 6.09. The van der Waals surface area contributed by atoms with E-state index in [1.165, 1.54) is 38.8 Å². The first-order chi connectivity index (χ1) is 10.5. The van der Waals surface area contributed by atoms with Gasteiger partial charge in [0.25, 0.3) is 0 Å². The maximum Gasteiger partial charge on any atom is 0.219 e. The predicted molar refractivity (Wildman–Crippen MR) is 100 cm³/mol. The number of nitrogens with zero attached hydrogens (tertiary/aromatic N) is 2. The monoisotopic (exact) mass is 330 g/mol. The van der Waals surface area contributed by atoms with Crippen molar-refractivity contribution in [1.29, 1.82) is 0 Å². The first kappa shape index (κ1) is 21.8. The second kappa shape index (κ2) is 11.3. The van der Waals surface area contributed by atoms with E-state index in [0.717, 1.165) is 13.1 Å². The van der Waals surface area contributed by atoms with Gasteiger partial charge in [-0.05, 0) is 31.1 Å². The van der Waals surface area contributed by atoms with Gasteiger partial charge in [-0.15, -0.1) is 0 Å². The van der Waals surface area contributed by atoms with Crippen molar-refractivity contribution < 1.29 is 4.79 Å². The van der Waals surface area contributed by atoms with Crippen molar-refractivity contribution in [2.24, 2.45) is 5.41 Å². The summed E-state index contributed by atoms with van der Waals surface area (Å²) in [5, 5.41) is 0.693. The standard InChI is InChI=1S/C14H26N2OS.2C2H6/c1-12(2)18-16-10-6-14(7-11-16)4-8-15(9-5-14)13(3)17;2*1-2/h12H,4-11H2,1-3H3;2*1-2H3. The third-order valence-corrected chi connectivity index (χ3v) is 5.50. The number of hydrogen-bond donors (Lipinski definition) is 0. The molecule has 0 aliphatic carbocycles. The number of rotatable bonds is 2. The first-order valence-corrected chi connectivity index (χ1v) is 10.0. The van der Waals surface area contributed by atoms with Gasteiger partial charge in [0.15, 0.2) is 0 Å². The molecule has 2 aliphatic heterocycles. The van der Waals surface area contributed by atoms with Crippen LogP contribution >= 0.6 is 11.9 Å². The smallest absolute Gasteiger partial charge is 0.219 e. The minimum absolute atomic E-state index is 0.248. The van der Waals surface area contributed by atoms with Gasteiger partial charge in [0, 0.05) is 38.4 Å². The van der Waals surface area contributed by atoms with E-state index >= 15 is 0 Å². The van der Waals surface area contributed by atoms with Crippen LogP contribution in [0.25, 0.3) is 0 Å². The van der Waals surface area contributed by atoms with Crippen LogP contribution in [-0.2, 0) is 4.79 Å². The van der Waals surface area contributed by atoms with Crippen LogP contribution in [0, 0.1) is 5.41 Å². The summed E-state index contributed by atoms with van der Waals surface area (Å²) < 4.78 is 2.53. The van der Waals surface area contributed by atoms with Gasteiger partial charge < -0.3 is 4.90 Å². The summed E-state index contributed by atoms with van der Waals surface area (Å²) in [6, 6.07) is 0. The van der Waals surface area contributed by atoms with Crippen LogP contribution in [0.2, 0.25) is 0 Å². The molecule has 0 N–H and O–H groups in total. The van der Waals surface area contributed by atoms with E-state index in [9.17, 15) is 4.79 Å². The third kappa shape index (κ3) is 6.91. The zero-order valence-corrected chi connectivity index (χ0v) is 16.8. The maximum absolute atomic E-state index is 11.4. The lowest BCUT2D eigenvalue weighted by Crippen LogP contribution is -2.46. The van der Waals surface area contributed by atoms with E-state index < -0.39 is 0 Å². The quantitative estimate of drug-likeness (QED) is 0.678. The van der Waals surface area contributed by atoms with Crippen molar-refractivity contribution in [2.45, 2.75) is 79.4 Å². The highest BCUT2D eigenvalue weighted by molar-refractivity contribution is 7.97. The molecule has 2 aliphatic rings. The molecule has 0 atom stereocenters. The fourth-order valence-electron chi connectivity index (χ4n) is 3.16. The van der Waals surface area contributed by atoms with Crippen LogP contribution < -0.4 is 0 Å². The predicted octanol–water partition coefficient (Wildman–Crippen LogP) is 4.82. The number of likely N-dealkylation sites (tertiary alicyclic amines) is 1. The molecule has 0 bridgehead atoms. The summed E-state index contributed by atoms with van der Waals surface area (Å²) in [7, 11) is 0. The van der Waals surface area contributed by atoms with Gasteiger partial charge in [-0.25, -0.2) is 0 Å². The summed E-state index contributed by atoms with van der Waals surface area (Å²) in [6.45, 7) is 18.6. The molecule has 1 amide bonds. The third-order valence-electron chi connectivity index (χ3n) is 4.41. The Morgan fingerprint density at radius 2 is 1.32 bits per heavy atom. The van der Waals surface area contributed by atoms with Crippen LogP contribution in [0.5, 0.6) is 0 Å². The molecule has 2 rings (SSSR count). The average Bonchev–Trinajstić information content (AvgIpc) is 2.54. The van der Waals surface area contributed by atoms with Crippen molar-refractivity contribution in [2.75, 3.05) is 26.2 Å². The second-order valence-corrected chi connectivity index (χ2v) is 7.76. The van der Waals surface area contributed by atoms with Crippen molar-refractivity contribution in [1.82, 2.24) is 9.21 Å². The summed E-state index contributed by atoms with van der Waals surface area (Å²) in [5.41, 5.74) is 0.542. The van der Waals surface area contributed by atoms with E-state index in [0.29, 0.717) is 10.7 Å². The van der Waals surface area contributed by atoms with Gasteiger partial charge in [0.1, 0.15) is 0 Å². The number of hydrogen-bond acceptors (Lipinski definition) is 3. The number of piperidine rings is 2. The van der Waals surface area contributed by atoms with Crippen LogP contribution in [-0.4, -0.2) is 46.5 Å². The van der Waals surface area contributed by atoms with E-state index in [1.54, 1.807) is 6.92 Å². The van der Waals surface area contributed by atoms with Crippen LogP contribution in [0.4, 0.5) is 0 Å². The Bertz CT molecular complexity index is 289. The molecular weight excluding hydrogens is 292 g/mol. The van der Waals surface area contributed by atoms with Gasteiger partial charge in [0.05, 0.1) is 0 Å². The molecule has 2 fully saturated rings. The highest BCUT2D eigenvalue weighted by Crippen LogP contribution is 2.42. The molecule has 2 saturated heterocycles. The maximum atomic E-state index is 11.4. The Morgan fingerprint density at radius 3 is 1.68 bits per heavy atom. The van der Waals surface area contributed by atoms with Crippen LogP contribution in [0.1, 0.15) is 74.1 Å². The minimum atomic E-state index is 0.248. The first-order valence-electron chi connectivity index (χ1n) is 9.18. The molecule has 0 saturated carbocycles. The van der Waals surface area contributed by atoms with Crippen LogP contribution in [0.15, 0.2) is 0 Å². The molecule has 1 spiro atoms. The summed E-state index contributed by atoms with van der Waals surface area (Å²) in [4.78, 5) is 13.4. The van der Waals surface area contributed by atoms with E-state index in [2.05, 4.69) is 18.2 Å². The summed E-state index contributed by atoms with van der Waals surface area (Å²) >= 11 is 2.00. The fraction of sp³-hybridized carbons (Fsp3) is 0.944. The Kier molecular flexibility index (Phi) is 11.2. The Labute approximate surface area is 143 Å². The summed E-state index contributed by atoms with van der Waals surface area (Å²) in [5.74, 6) is 0.248. The normalized spacial score (nSPS) is 20.8. The molecule has 0 radical (unpaired) electrons. The van der Waals surface area contributed by atoms with Crippen molar-refractivity contribution in [3.05, 3.63) is 0 Å². The van der Waals surface area contributed by atoms with E-state index in [-0.39, 0.29) is 5.91 Å². The van der Waals surface area contributed by atoms with E-state index in [1.807, 2.05) is 44.5 Å².